The minimum Gasteiger partial charge on any atom is -0.454 e. The third-order valence-electron chi connectivity index (χ3n) is 2.98. The quantitative estimate of drug-likeness (QED) is 0.865. The molecule has 1 N–H and O–H groups in total. The molecule has 2 aromatic rings. The number of benzene rings is 1. The number of rotatable bonds is 4. The first-order valence-corrected chi connectivity index (χ1v) is 8.24. The van der Waals surface area contributed by atoms with E-state index in [2.05, 4.69) is 21.2 Å². The molecule has 21 heavy (non-hydrogen) atoms. The zero-order chi connectivity index (χ0) is 14.8. The molecule has 3 rings (SSSR count). The van der Waals surface area contributed by atoms with Gasteiger partial charge in [-0.15, -0.1) is 11.3 Å². The van der Waals surface area contributed by atoms with E-state index in [1.165, 1.54) is 4.88 Å². The van der Waals surface area contributed by atoms with Crippen LogP contribution in [0, 0.1) is 0 Å². The summed E-state index contributed by atoms with van der Waals surface area (Å²) >= 11 is 11.1. The maximum atomic E-state index is 12.1. The molecule has 4 nitrogen and oxygen atoms in total. The van der Waals surface area contributed by atoms with Gasteiger partial charge < -0.3 is 14.8 Å². The van der Waals surface area contributed by atoms with Crippen molar-refractivity contribution in [1.82, 2.24) is 5.32 Å². The largest absolute Gasteiger partial charge is 0.454 e. The van der Waals surface area contributed by atoms with E-state index in [-0.39, 0.29) is 12.7 Å². The second-order valence-corrected chi connectivity index (χ2v) is 7.36. The predicted molar refractivity (Wildman–Crippen MR) is 85.6 cm³/mol. The minimum absolute atomic E-state index is 0.132. The molecule has 0 saturated carbocycles. The summed E-state index contributed by atoms with van der Waals surface area (Å²) in [6, 6.07) is 7.27. The molecule has 2 heterocycles. The molecule has 1 aromatic carbocycles. The Bertz CT molecular complexity index is 689. The van der Waals surface area contributed by atoms with Gasteiger partial charge in [0.2, 0.25) is 6.79 Å². The number of thiophene rings is 1. The molecule has 0 fully saturated rings. The fourth-order valence-electron chi connectivity index (χ4n) is 1.99. The normalized spacial score (nSPS) is 12.5. The molecule has 0 atom stereocenters. The molecule has 7 heteroatoms. The average molecular weight is 389 g/mol. The molecule has 1 amide bonds. The molecule has 110 valence electrons. The van der Waals surface area contributed by atoms with Crippen LogP contribution in [0.5, 0.6) is 11.5 Å². The van der Waals surface area contributed by atoms with Gasteiger partial charge in [-0.3, -0.25) is 4.79 Å². The lowest BCUT2D eigenvalue weighted by atomic mass is 10.2. The molecule has 0 radical (unpaired) electrons. The van der Waals surface area contributed by atoms with E-state index >= 15 is 0 Å². The van der Waals surface area contributed by atoms with Gasteiger partial charge in [0.05, 0.1) is 8.81 Å². The summed E-state index contributed by atoms with van der Waals surface area (Å²) in [6.07, 6.45) is 0.792. The maximum Gasteiger partial charge on any atom is 0.251 e. The van der Waals surface area contributed by atoms with Crippen LogP contribution < -0.4 is 14.8 Å². The first-order valence-electron chi connectivity index (χ1n) is 6.25. The zero-order valence-corrected chi connectivity index (χ0v) is 14.0. The third kappa shape index (κ3) is 3.33. The van der Waals surface area contributed by atoms with Crippen LogP contribution in [0.3, 0.4) is 0 Å². The van der Waals surface area contributed by atoms with Crippen molar-refractivity contribution in [2.75, 3.05) is 13.3 Å². The molecule has 0 bridgehead atoms. The van der Waals surface area contributed by atoms with Crippen LogP contribution in [0.2, 0.25) is 5.02 Å². The Labute approximate surface area is 139 Å². The molecule has 1 aliphatic rings. The number of nitrogens with one attached hydrogen (secondary N) is 1. The summed E-state index contributed by atoms with van der Waals surface area (Å²) in [5, 5.41) is 3.26. The lowest BCUT2D eigenvalue weighted by Gasteiger charge is -2.06. The summed E-state index contributed by atoms with van der Waals surface area (Å²) in [4.78, 5) is 13.3. The zero-order valence-electron chi connectivity index (χ0n) is 10.8. The smallest absolute Gasteiger partial charge is 0.251 e. The standard InChI is InChI=1S/C14H11BrClNO3S/c15-12-2-1-9(21-12)3-4-17-14(18)8-5-10(16)13-11(6-8)19-7-20-13/h1-2,5-6H,3-4,7H2,(H,17,18). The maximum absolute atomic E-state index is 12.1. The number of fused-ring (bicyclic) bond motifs is 1. The number of carbonyl (C=O) groups is 1. The van der Waals surface area contributed by atoms with E-state index in [0.29, 0.717) is 28.6 Å². The van der Waals surface area contributed by atoms with E-state index in [9.17, 15) is 4.79 Å². The van der Waals surface area contributed by atoms with Crippen LogP contribution in [0.25, 0.3) is 0 Å². The highest BCUT2D eigenvalue weighted by molar-refractivity contribution is 9.11. The Morgan fingerprint density at radius 3 is 3.00 bits per heavy atom. The highest BCUT2D eigenvalue weighted by atomic mass is 79.9. The second kappa shape index (κ2) is 6.25. The number of carbonyl (C=O) groups excluding carboxylic acids is 1. The first-order chi connectivity index (χ1) is 10.1. The Kier molecular flexibility index (Phi) is 4.37. The Hall–Kier alpha value is -1.24. The third-order valence-corrected chi connectivity index (χ3v) is 4.94. The lowest BCUT2D eigenvalue weighted by molar-refractivity contribution is 0.0953. The van der Waals surface area contributed by atoms with Crippen LogP contribution in [0.1, 0.15) is 15.2 Å². The average Bonchev–Trinajstić information content (AvgIpc) is 3.07. The molecular formula is C14H11BrClNO3S. The number of ether oxygens (including phenoxy) is 2. The van der Waals surface area contributed by atoms with E-state index in [1.54, 1.807) is 23.5 Å². The lowest BCUT2D eigenvalue weighted by Crippen LogP contribution is -2.25. The molecule has 1 aromatic heterocycles. The van der Waals surface area contributed by atoms with Crippen molar-refractivity contribution in [1.29, 1.82) is 0 Å². The van der Waals surface area contributed by atoms with Gasteiger partial charge in [0.1, 0.15) is 0 Å². The predicted octanol–water partition coefficient (Wildman–Crippen LogP) is 3.87. The van der Waals surface area contributed by atoms with Gasteiger partial charge in [0, 0.05) is 17.0 Å². The Morgan fingerprint density at radius 1 is 1.38 bits per heavy atom. The van der Waals surface area contributed by atoms with Crippen molar-refractivity contribution < 1.29 is 14.3 Å². The van der Waals surface area contributed by atoms with Crippen LogP contribution >= 0.6 is 38.9 Å². The van der Waals surface area contributed by atoms with Crippen molar-refractivity contribution in [3.05, 3.63) is 43.5 Å². The van der Waals surface area contributed by atoms with Gasteiger partial charge in [-0.05, 0) is 46.6 Å². The SMILES string of the molecule is O=C(NCCc1ccc(Br)s1)c1cc(Cl)c2c(c1)OCO2. The molecule has 0 unspecified atom stereocenters. The van der Waals surface area contributed by atoms with E-state index in [0.717, 1.165) is 10.2 Å². The van der Waals surface area contributed by atoms with Crippen LogP contribution in [0.15, 0.2) is 28.1 Å². The molecule has 0 aliphatic carbocycles. The summed E-state index contributed by atoms with van der Waals surface area (Å²) in [5.41, 5.74) is 0.469. The number of hydrogen-bond donors (Lipinski definition) is 1. The highest BCUT2D eigenvalue weighted by Crippen LogP contribution is 2.39. The van der Waals surface area contributed by atoms with Gasteiger partial charge in [-0.25, -0.2) is 0 Å². The molecule has 0 saturated heterocycles. The van der Waals surface area contributed by atoms with Crippen molar-refractivity contribution in [3.63, 3.8) is 0 Å². The fourth-order valence-corrected chi connectivity index (χ4v) is 3.73. The van der Waals surface area contributed by atoms with Crippen molar-refractivity contribution in [2.24, 2.45) is 0 Å². The monoisotopic (exact) mass is 387 g/mol. The van der Waals surface area contributed by atoms with Crippen LogP contribution in [0.4, 0.5) is 0 Å². The van der Waals surface area contributed by atoms with Gasteiger partial charge in [-0.1, -0.05) is 11.6 Å². The summed E-state index contributed by atoms with van der Waals surface area (Å²) in [5.74, 6) is 0.831. The molecule has 0 spiro atoms. The van der Waals surface area contributed by atoms with Gasteiger partial charge in [0.25, 0.3) is 5.91 Å². The number of amides is 1. The second-order valence-electron chi connectivity index (χ2n) is 4.40. The summed E-state index contributed by atoms with van der Waals surface area (Å²) in [6.45, 7) is 0.700. The number of hydrogen-bond acceptors (Lipinski definition) is 4. The highest BCUT2D eigenvalue weighted by Gasteiger charge is 2.20. The Balaban J connectivity index is 1.62. The fraction of sp³-hybridized carbons (Fsp3) is 0.214. The molecule has 1 aliphatic heterocycles. The first kappa shape index (κ1) is 14.7. The summed E-state index contributed by atoms with van der Waals surface area (Å²) < 4.78 is 11.6. The van der Waals surface area contributed by atoms with E-state index < -0.39 is 0 Å². The minimum atomic E-state index is -0.175. The van der Waals surface area contributed by atoms with Crippen LogP contribution in [-0.2, 0) is 6.42 Å². The van der Waals surface area contributed by atoms with Crippen molar-refractivity contribution in [3.8, 4) is 11.5 Å². The van der Waals surface area contributed by atoms with Crippen molar-refractivity contribution in [2.45, 2.75) is 6.42 Å². The van der Waals surface area contributed by atoms with Gasteiger partial charge in [-0.2, -0.15) is 0 Å². The van der Waals surface area contributed by atoms with E-state index in [1.807, 2.05) is 12.1 Å². The molecular weight excluding hydrogens is 378 g/mol. The number of halogens is 2. The van der Waals surface area contributed by atoms with Crippen LogP contribution in [-0.4, -0.2) is 19.2 Å². The topological polar surface area (TPSA) is 47.6 Å². The summed E-state index contributed by atoms with van der Waals surface area (Å²) in [7, 11) is 0. The van der Waals surface area contributed by atoms with Gasteiger partial charge >= 0.3 is 0 Å². The van der Waals surface area contributed by atoms with Gasteiger partial charge in [0.15, 0.2) is 11.5 Å². The Morgan fingerprint density at radius 2 is 2.24 bits per heavy atom. The van der Waals surface area contributed by atoms with Crippen molar-refractivity contribution >= 4 is 44.8 Å². The van der Waals surface area contributed by atoms with E-state index in [4.69, 9.17) is 21.1 Å².